The second kappa shape index (κ2) is 11.1. The zero-order valence-corrected chi connectivity index (χ0v) is 21.8. The fourth-order valence-corrected chi connectivity index (χ4v) is 6.78. The lowest BCUT2D eigenvalue weighted by molar-refractivity contribution is -0.161. The standard InChI is InChI=1S/C26H33NO5S2/c1-19-10-12-22(13-11-19)34(30,31)27-14-15-33-18-23(27)24(28)17-21(25(29)32-26(2,3)4)16-20-8-6-5-7-9-20/h5-13,21,23H,14-18H2,1-4H3/t21-,23+/m1/s1. The number of aryl methyl sites for hydroxylation is 1. The van der Waals surface area contributed by atoms with E-state index in [1.54, 1.807) is 56.8 Å². The molecule has 0 aromatic heterocycles. The smallest absolute Gasteiger partial charge is 0.310 e. The van der Waals surface area contributed by atoms with Crippen LogP contribution >= 0.6 is 11.8 Å². The maximum Gasteiger partial charge on any atom is 0.310 e. The Morgan fingerprint density at radius 2 is 1.74 bits per heavy atom. The van der Waals surface area contributed by atoms with Crippen molar-refractivity contribution < 1.29 is 22.7 Å². The molecule has 2 atom stereocenters. The number of esters is 1. The number of hydrogen-bond donors (Lipinski definition) is 0. The molecule has 8 heteroatoms. The number of sulfonamides is 1. The van der Waals surface area contributed by atoms with Crippen LogP contribution in [-0.2, 0) is 30.8 Å². The summed E-state index contributed by atoms with van der Waals surface area (Å²) in [6, 6.07) is 15.3. The van der Waals surface area contributed by atoms with E-state index >= 15 is 0 Å². The number of ketones is 1. The van der Waals surface area contributed by atoms with Crippen molar-refractivity contribution in [3.05, 3.63) is 65.7 Å². The Bertz CT molecular complexity index is 1090. The largest absolute Gasteiger partial charge is 0.460 e. The van der Waals surface area contributed by atoms with Crippen molar-refractivity contribution >= 4 is 33.5 Å². The van der Waals surface area contributed by atoms with Crippen LogP contribution in [-0.4, -0.2) is 54.2 Å². The number of carbonyl (C=O) groups excluding carboxylic acids is 2. The van der Waals surface area contributed by atoms with Crippen LogP contribution < -0.4 is 0 Å². The summed E-state index contributed by atoms with van der Waals surface area (Å²) in [5.74, 6) is -0.397. The fourth-order valence-electron chi connectivity index (χ4n) is 3.88. The van der Waals surface area contributed by atoms with E-state index in [0.717, 1.165) is 11.1 Å². The van der Waals surface area contributed by atoms with Gasteiger partial charge in [0.15, 0.2) is 5.78 Å². The van der Waals surface area contributed by atoms with Crippen molar-refractivity contribution in [1.29, 1.82) is 0 Å². The van der Waals surface area contributed by atoms with Crippen LogP contribution in [0.1, 0.15) is 38.3 Å². The molecule has 0 saturated carbocycles. The van der Waals surface area contributed by atoms with Crippen LogP contribution in [0.2, 0.25) is 0 Å². The van der Waals surface area contributed by atoms with Crippen molar-refractivity contribution in [2.24, 2.45) is 5.92 Å². The van der Waals surface area contributed by atoms with Gasteiger partial charge in [0, 0.05) is 24.5 Å². The number of nitrogens with zero attached hydrogens (tertiary/aromatic N) is 1. The van der Waals surface area contributed by atoms with Crippen LogP contribution in [0.5, 0.6) is 0 Å². The molecule has 0 radical (unpaired) electrons. The Morgan fingerprint density at radius 1 is 1.09 bits per heavy atom. The third-order valence-electron chi connectivity index (χ3n) is 5.59. The van der Waals surface area contributed by atoms with Crippen LogP contribution in [0.15, 0.2) is 59.5 Å². The van der Waals surface area contributed by atoms with Gasteiger partial charge >= 0.3 is 5.97 Å². The molecule has 0 amide bonds. The lowest BCUT2D eigenvalue weighted by Gasteiger charge is -2.34. The minimum atomic E-state index is -3.83. The Kier molecular flexibility index (Phi) is 8.60. The molecule has 2 aromatic rings. The van der Waals surface area contributed by atoms with E-state index in [9.17, 15) is 18.0 Å². The molecular weight excluding hydrogens is 470 g/mol. The number of carbonyl (C=O) groups is 2. The van der Waals surface area contributed by atoms with Gasteiger partial charge in [0.2, 0.25) is 10.0 Å². The molecule has 0 N–H and O–H groups in total. The molecule has 34 heavy (non-hydrogen) atoms. The summed E-state index contributed by atoms with van der Waals surface area (Å²) in [4.78, 5) is 26.7. The monoisotopic (exact) mass is 503 g/mol. The Balaban J connectivity index is 1.84. The number of hydrogen-bond acceptors (Lipinski definition) is 6. The van der Waals surface area contributed by atoms with Gasteiger partial charge in [0.25, 0.3) is 0 Å². The molecular formula is C26H33NO5S2. The van der Waals surface area contributed by atoms with E-state index < -0.39 is 33.6 Å². The van der Waals surface area contributed by atoms with Crippen LogP contribution in [0.25, 0.3) is 0 Å². The average Bonchev–Trinajstić information content (AvgIpc) is 2.78. The number of benzene rings is 2. The SMILES string of the molecule is Cc1ccc(S(=O)(=O)N2CCSC[C@H]2C(=O)C[C@@H](Cc2ccccc2)C(=O)OC(C)(C)C)cc1. The minimum absolute atomic E-state index is 0.0745. The number of Topliss-reactive ketones (excluding diaryl/α,β-unsaturated/α-hetero) is 1. The van der Waals surface area contributed by atoms with Crippen LogP contribution in [0, 0.1) is 12.8 Å². The second-order valence-electron chi connectivity index (χ2n) is 9.61. The highest BCUT2D eigenvalue weighted by atomic mass is 32.2. The molecule has 1 aliphatic heterocycles. The van der Waals surface area contributed by atoms with Gasteiger partial charge in [-0.1, -0.05) is 48.0 Å². The number of thioether (sulfide) groups is 1. The van der Waals surface area contributed by atoms with Crippen molar-refractivity contribution in [2.75, 3.05) is 18.1 Å². The molecule has 3 rings (SSSR count). The van der Waals surface area contributed by atoms with E-state index in [4.69, 9.17) is 4.74 Å². The van der Waals surface area contributed by atoms with Gasteiger partial charge < -0.3 is 4.74 Å². The fraction of sp³-hybridized carbons (Fsp3) is 0.462. The normalized spacial score (nSPS) is 18.3. The molecule has 184 valence electrons. The Hall–Kier alpha value is -2.16. The first kappa shape index (κ1) is 26.4. The molecule has 0 bridgehead atoms. The van der Waals surface area contributed by atoms with Gasteiger partial charge in [-0.25, -0.2) is 8.42 Å². The molecule has 0 spiro atoms. The Morgan fingerprint density at radius 3 is 2.35 bits per heavy atom. The van der Waals surface area contributed by atoms with E-state index in [1.807, 2.05) is 37.3 Å². The molecule has 0 unspecified atom stereocenters. The van der Waals surface area contributed by atoms with Crippen molar-refractivity contribution in [3.63, 3.8) is 0 Å². The molecule has 1 fully saturated rings. The van der Waals surface area contributed by atoms with Crippen molar-refractivity contribution in [2.45, 2.75) is 57.1 Å². The molecule has 2 aromatic carbocycles. The van der Waals surface area contributed by atoms with Crippen LogP contribution in [0.4, 0.5) is 0 Å². The number of rotatable bonds is 8. The molecule has 1 saturated heterocycles. The summed E-state index contributed by atoms with van der Waals surface area (Å²) in [5.41, 5.74) is 1.20. The summed E-state index contributed by atoms with van der Waals surface area (Å²) in [7, 11) is -3.83. The van der Waals surface area contributed by atoms with E-state index in [1.165, 1.54) is 4.31 Å². The van der Waals surface area contributed by atoms with Crippen molar-refractivity contribution in [3.8, 4) is 0 Å². The zero-order valence-electron chi connectivity index (χ0n) is 20.2. The highest BCUT2D eigenvalue weighted by Crippen LogP contribution is 2.28. The lowest BCUT2D eigenvalue weighted by Crippen LogP contribution is -2.50. The summed E-state index contributed by atoms with van der Waals surface area (Å²) in [6.45, 7) is 7.52. The van der Waals surface area contributed by atoms with E-state index in [0.29, 0.717) is 17.9 Å². The lowest BCUT2D eigenvalue weighted by atomic mass is 9.92. The first-order valence-electron chi connectivity index (χ1n) is 11.4. The summed E-state index contributed by atoms with van der Waals surface area (Å²) >= 11 is 1.56. The molecule has 6 nitrogen and oxygen atoms in total. The Labute approximate surface area is 207 Å². The molecule has 1 heterocycles. The van der Waals surface area contributed by atoms with Gasteiger partial charge in [-0.3, -0.25) is 9.59 Å². The van der Waals surface area contributed by atoms with E-state index in [-0.39, 0.29) is 23.6 Å². The second-order valence-corrected chi connectivity index (χ2v) is 12.7. The predicted molar refractivity (Wildman–Crippen MR) is 135 cm³/mol. The molecule has 1 aliphatic rings. The predicted octanol–water partition coefficient (Wildman–Crippen LogP) is 4.26. The van der Waals surface area contributed by atoms with Crippen molar-refractivity contribution in [1.82, 2.24) is 4.31 Å². The average molecular weight is 504 g/mol. The van der Waals surface area contributed by atoms with Gasteiger partial charge in [-0.05, 0) is 51.8 Å². The zero-order chi connectivity index (χ0) is 24.9. The highest BCUT2D eigenvalue weighted by Gasteiger charge is 2.39. The summed E-state index contributed by atoms with van der Waals surface area (Å²) in [6.07, 6.45) is 0.279. The molecule has 0 aliphatic carbocycles. The highest BCUT2D eigenvalue weighted by molar-refractivity contribution is 7.99. The third-order valence-corrected chi connectivity index (χ3v) is 8.54. The summed E-state index contributed by atoms with van der Waals surface area (Å²) in [5, 5.41) is 0. The maximum atomic E-state index is 13.5. The van der Waals surface area contributed by atoms with Gasteiger partial charge in [-0.15, -0.1) is 0 Å². The van der Waals surface area contributed by atoms with Gasteiger partial charge in [-0.2, -0.15) is 16.1 Å². The quantitative estimate of drug-likeness (QED) is 0.501. The topological polar surface area (TPSA) is 80.8 Å². The minimum Gasteiger partial charge on any atom is -0.460 e. The van der Waals surface area contributed by atoms with E-state index in [2.05, 4.69) is 0 Å². The van der Waals surface area contributed by atoms with Gasteiger partial charge in [0.1, 0.15) is 5.60 Å². The first-order valence-corrected chi connectivity index (χ1v) is 14.0. The first-order chi connectivity index (χ1) is 16.0. The third kappa shape index (κ3) is 6.93. The number of ether oxygens (including phenoxy) is 1. The van der Waals surface area contributed by atoms with Crippen LogP contribution in [0.3, 0.4) is 0 Å². The van der Waals surface area contributed by atoms with Gasteiger partial charge in [0.05, 0.1) is 16.9 Å². The maximum absolute atomic E-state index is 13.5. The summed E-state index contributed by atoms with van der Waals surface area (Å²) < 4.78 is 33.7.